The minimum atomic E-state index is -0.109. The molecule has 0 spiro atoms. The Hall–Kier alpha value is -2.40. The first-order valence-electron chi connectivity index (χ1n) is 7.83. The Balaban J connectivity index is 1.77. The molecule has 122 valence electrons. The molecule has 2 rings (SSSR count). The largest absolute Gasteiger partial charge is 0.379 e. The number of para-hydroxylation sites is 1. The van der Waals surface area contributed by atoms with Crippen molar-refractivity contribution in [2.24, 2.45) is 0 Å². The van der Waals surface area contributed by atoms with Gasteiger partial charge < -0.3 is 10.1 Å². The van der Waals surface area contributed by atoms with Crippen LogP contribution >= 0.6 is 0 Å². The summed E-state index contributed by atoms with van der Waals surface area (Å²) in [5.74, 6) is -0.109. The van der Waals surface area contributed by atoms with Crippen LogP contribution in [-0.2, 0) is 9.53 Å². The van der Waals surface area contributed by atoms with E-state index in [2.05, 4.69) is 10.4 Å². The molecule has 0 unspecified atom stereocenters. The van der Waals surface area contributed by atoms with Gasteiger partial charge in [0.05, 0.1) is 18.0 Å². The Morgan fingerprint density at radius 2 is 2.13 bits per heavy atom. The van der Waals surface area contributed by atoms with Gasteiger partial charge in [-0.25, -0.2) is 4.68 Å². The average Bonchev–Trinajstić information content (AvgIpc) is 3.02. The second-order valence-electron chi connectivity index (χ2n) is 5.45. The van der Waals surface area contributed by atoms with Crippen LogP contribution < -0.4 is 5.32 Å². The van der Waals surface area contributed by atoms with Crippen LogP contribution in [0.25, 0.3) is 11.8 Å². The van der Waals surface area contributed by atoms with E-state index >= 15 is 0 Å². The molecule has 1 amide bonds. The van der Waals surface area contributed by atoms with Gasteiger partial charge in [-0.2, -0.15) is 5.10 Å². The molecule has 1 aromatic carbocycles. The highest BCUT2D eigenvalue weighted by Crippen LogP contribution is 2.08. The number of aromatic nitrogens is 2. The van der Waals surface area contributed by atoms with Crippen molar-refractivity contribution in [2.75, 3.05) is 13.2 Å². The van der Waals surface area contributed by atoms with Crippen LogP contribution in [0.3, 0.4) is 0 Å². The zero-order valence-electron chi connectivity index (χ0n) is 13.6. The van der Waals surface area contributed by atoms with Crippen molar-refractivity contribution in [1.29, 1.82) is 0 Å². The quantitative estimate of drug-likeness (QED) is 0.602. The fraction of sp³-hybridized carbons (Fsp3) is 0.333. The number of ether oxygens (including phenoxy) is 1. The predicted molar refractivity (Wildman–Crippen MR) is 91.3 cm³/mol. The summed E-state index contributed by atoms with van der Waals surface area (Å²) in [5.41, 5.74) is 1.87. The van der Waals surface area contributed by atoms with Crippen molar-refractivity contribution in [2.45, 2.75) is 26.4 Å². The van der Waals surface area contributed by atoms with Gasteiger partial charge in [-0.1, -0.05) is 18.2 Å². The summed E-state index contributed by atoms with van der Waals surface area (Å²) in [4.78, 5) is 11.7. The first kappa shape index (κ1) is 17.0. The molecule has 0 radical (unpaired) electrons. The molecular formula is C18H23N3O2. The molecule has 5 heteroatoms. The van der Waals surface area contributed by atoms with Crippen LogP contribution in [0.2, 0.25) is 0 Å². The van der Waals surface area contributed by atoms with E-state index in [9.17, 15) is 4.79 Å². The van der Waals surface area contributed by atoms with E-state index in [1.807, 2.05) is 50.4 Å². The second kappa shape index (κ2) is 8.90. The number of hydrogen-bond acceptors (Lipinski definition) is 3. The normalized spacial score (nSPS) is 11.3. The van der Waals surface area contributed by atoms with E-state index in [1.54, 1.807) is 17.0 Å². The highest BCUT2D eigenvalue weighted by Gasteiger charge is 1.99. The van der Waals surface area contributed by atoms with Gasteiger partial charge in [0, 0.05) is 31.0 Å². The van der Waals surface area contributed by atoms with Crippen LogP contribution in [0.4, 0.5) is 0 Å². The Morgan fingerprint density at radius 3 is 2.87 bits per heavy atom. The molecule has 0 aliphatic carbocycles. The van der Waals surface area contributed by atoms with Gasteiger partial charge >= 0.3 is 0 Å². The van der Waals surface area contributed by atoms with Crippen molar-refractivity contribution in [1.82, 2.24) is 15.1 Å². The smallest absolute Gasteiger partial charge is 0.244 e. The van der Waals surface area contributed by atoms with E-state index in [0.29, 0.717) is 13.2 Å². The van der Waals surface area contributed by atoms with Crippen LogP contribution in [-0.4, -0.2) is 34.9 Å². The third kappa shape index (κ3) is 6.08. The van der Waals surface area contributed by atoms with Crippen molar-refractivity contribution in [3.63, 3.8) is 0 Å². The predicted octanol–water partition coefficient (Wildman–Crippen LogP) is 2.82. The molecule has 0 bridgehead atoms. The number of amides is 1. The number of rotatable bonds is 8. The zero-order valence-corrected chi connectivity index (χ0v) is 13.6. The SMILES string of the molecule is CC(C)OCCCNC(=O)/C=C/c1cnn(-c2ccccc2)c1. The summed E-state index contributed by atoms with van der Waals surface area (Å²) < 4.78 is 7.20. The topological polar surface area (TPSA) is 56.1 Å². The van der Waals surface area contributed by atoms with Crippen molar-refractivity contribution in [3.05, 3.63) is 54.4 Å². The van der Waals surface area contributed by atoms with Crippen molar-refractivity contribution < 1.29 is 9.53 Å². The minimum absolute atomic E-state index is 0.109. The van der Waals surface area contributed by atoms with Crippen LogP contribution in [0, 0.1) is 0 Å². The monoisotopic (exact) mass is 313 g/mol. The zero-order chi connectivity index (χ0) is 16.5. The summed E-state index contributed by atoms with van der Waals surface area (Å²) in [6.07, 6.45) is 7.93. The molecular weight excluding hydrogens is 290 g/mol. The average molecular weight is 313 g/mol. The molecule has 1 heterocycles. The maximum absolute atomic E-state index is 11.7. The van der Waals surface area contributed by atoms with Gasteiger partial charge in [0.2, 0.25) is 5.91 Å². The summed E-state index contributed by atoms with van der Waals surface area (Å²) in [6.45, 7) is 5.26. The van der Waals surface area contributed by atoms with E-state index < -0.39 is 0 Å². The number of hydrogen-bond donors (Lipinski definition) is 1. The number of nitrogens with zero attached hydrogens (tertiary/aromatic N) is 2. The molecule has 2 aromatic rings. The third-order valence-corrected chi connectivity index (χ3v) is 3.12. The minimum Gasteiger partial charge on any atom is -0.379 e. The van der Waals surface area contributed by atoms with Gasteiger partial charge in [-0.3, -0.25) is 4.79 Å². The summed E-state index contributed by atoms with van der Waals surface area (Å²) >= 11 is 0. The fourth-order valence-corrected chi connectivity index (χ4v) is 1.98. The maximum Gasteiger partial charge on any atom is 0.244 e. The number of nitrogens with one attached hydrogen (secondary N) is 1. The van der Waals surface area contributed by atoms with Crippen LogP contribution in [0.1, 0.15) is 25.8 Å². The molecule has 23 heavy (non-hydrogen) atoms. The van der Waals surface area contributed by atoms with Gasteiger partial charge in [0.25, 0.3) is 0 Å². The van der Waals surface area contributed by atoms with E-state index in [-0.39, 0.29) is 12.0 Å². The Bertz CT molecular complexity index is 633. The number of benzene rings is 1. The van der Waals surface area contributed by atoms with Crippen molar-refractivity contribution >= 4 is 12.0 Å². The Morgan fingerprint density at radius 1 is 1.35 bits per heavy atom. The summed E-state index contributed by atoms with van der Waals surface area (Å²) in [6, 6.07) is 9.84. The molecule has 1 N–H and O–H groups in total. The highest BCUT2D eigenvalue weighted by molar-refractivity contribution is 5.91. The molecule has 1 aromatic heterocycles. The number of carbonyl (C=O) groups excluding carboxylic acids is 1. The summed E-state index contributed by atoms with van der Waals surface area (Å²) in [7, 11) is 0. The number of carbonyl (C=O) groups is 1. The van der Waals surface area contributed by atoms with Crippen LogP contribution in [0.5, 0.6) is 0 Å². The first-order valence-corrected chi connectivity index (χ1v) is 7.83. The molecule has 0 aliphatic heterocycles. The van der Waals surface area contributed by atoms with Crippen molar-refractivity contribution in [3.8, 4) is 5.69 Å². The standard InChI is InChI=1S/C18H23N3O2/c1-15(2)23-12-6-11-19-18(22)10-9-16-13-20-21(14-16)17-7-4-3-5-8-17/h3-5,7-10,13-15H,6,11-12H2,1-2H3,(H,19,22)/b10-9+. The molecule has 5 nitrogen and oxygen atoms in total. The van der Waals surface area contributed by atoms with E-state index in [4.69, 9.17) is 4.74 Å². The lowest BCUT2D eigenvalue weighted by atomic mass is 10.3. The van der Waals surface area contributed by atoms with Gasteiger partial charge in [0.1, 0.15) is 0 Å². The fourth-order valence-electron chi connectivity index (χ4n) is 1.98. The second-order valence-corrected chi connectivity index (χ2v) is 5.45. The molecule has 0 atom stereocenters. The lowest BCUT2D eigenvalue weighted by Crippen LogP contribution is -2.23. The van der Waals surface area contributed by atoms with Gasteiger partial charge in [0.15, 0.2) is 0 Å². The maximum atomic E-state index is 11.7. The Labute approximate surface area is 137 Å². The van der Waals surface area contributed by atoms with Gasteiger partial charge in [-0.05, 0) is 38.5 Å². The van der Waals surface area contributed by atoms with E-state index in [1.165, 1.54) is 6.08 Å². The van der Waals surface area contributed by atoms with Gasteiger partial charge in [-0.15, -0.1) is 0 Å². The van der Waals surface area contributed by atoms with E-state index in [0.717, 1.165) is 17.7 Å². The molecule has 0 saturated heterocycles. The molecule has 0 saturated carbocycles. The first-order chi connectivity index (χ1) is 11.1. The third-order valence-electron chi connectivity index (χ3n) is 3.12. The van der Waals surface area contributed by atoms with Crippen LogP contribution in [0.15, 0.2) is 48.8 Å². The molecule has 0 fully saturated rings. The lowest BCUT2D eigenvalue weighted by Gasteiger charge is -2.07. The lowest BCUT2D eigenvalue weighted by molar-refractivity contribution is -0.116. The molecule has 0 aliphatic rings. The summed E-state index contributed by atoms with van der Waals surface area (Å²) in [5, 5.41) is 7.12. The highest BCUT2D eigenvalue weighted by atomic mass is 16.5. The Kier molecular flexibility index (Phi) is 6.56.